The first-order valence-corrected chi connectivity index (χ1v) is 3.63. The fourth-order valence-corrected chi connectivity index (χ4v) is 1.28. The van der Waals surface area contributed by atoms with Crippen molar-refractivity contribution >= 4 is 11.3 Å². The van der Waals surface area contributed by atoms with Gasteiger partial charge in [0.2, 0.25) is 0 Å². The molecule has 0 aromatic carbocycles. The van der Waals surface area contributed by atoms with Crippen LogP contribution >= 0.6 is 11.3 Å². The first-order chi connectivity index (χ1) is 4.43. The van der Waals surface area contributed by atoms with Gasteiger partial charge in [0.25, 0.3) is 0 Å². The van der Waals surface area contributed by atoms with E-state index in [4.69, 9.17) is 5.11 Å². The minimum Gasteiger partial charge on any atom is -0.516 e. The van der Waals surface area contributed by atoms with Crippen LogP contribution in [0.4, 0.5) is 0 Å². The molecule has 0 atom stereocenters. The summed E-state index contributed by atoms with van der Waals surface area (Å²) in [6, 6.07) is 4.05. The molecule has 0 saturated heterocycles. The highest BCUT2D eigenvalue weighted by atomic mass is 32.1. The van der Waals surface area contributed by atoms with E-state index < -0.39 is 0 Å². The average Bonchev–Trinajstić information content (AvgIpc) is 2.34. The lowest BCUT2D eigenvalue weighted by atomic mass is 10.3. The molecule has 1 N–H and O–H groups in total. The molecule has 0 aliphatic heterocycles. The highest BCUT2D eigenvalue weighted by molar-refractivity contribution is 7.09. The van der Waals surface area contributed by atoms with Gasteiger partial charge in [0, 0.05) is 11.3 Å². The molecule has 1 heterocycles. The van der Waals surface area contributed by atoms with Crippen LogP contribution in [-0.2, 0) is 6.42 Å². The van der Waals surface area contributed by atoms with Crippen molar-refractivity contribution in [3.8, 4) is 0 Å². The molecular weight excluding hydrogens is 132 g/mol. The number of hydrogen-bond donors (Lipinski definition) is 1. The fourth-order valence-electron chi connectivity index (χ4n) is 0.598. The summed E-state index contributed by atoms with van der Waals surface area (Å²) in [7, 11) is 0. The molecule has 9 heavy (non-hydrogen) atoms. The normalized spacial score (nSPS) is 10.7. The van der Waals surface area contributed by atoms with Gasteiger partial charge in [0.15, 0.2) is 0 Å². The third-order valence-corrected chi connectivity index (χ3v) is 1.90. The standard InChI is InChI=1S/C7H8OS/c8-5-1-3-7-4-2-6-9-7/h1-2,4-6,8H,3H2. The lowest BCUT2D eigenvalue weighted by Crippen LogP contribution is -1.69. The highest BCUT2D eigenvalue weighted by Gasteiger charge is 1.86. The molecule has 0 spiro atoms. The summed E-state index contributed by atoms with van der Waals surface area (Å²) in [5.74, 6) is 0. The number of rotatable bonds is 2. The predicted octanol–water partition coefficient (Wildman–Crippen LogP) is 2.36. The maximum absolute atomic E-state index is 8.29. The molecule has 0 aliphatic carbocycles. The summed E-state index contributed by atoms with van der Waals surface area (Å²) in [4.78, 5) is 1.28. The molecule has 0 fully saturated rings. The Bertz CT molecular complexity index is 177. The Labute approximate surface area is 58.3 Å². The minimum atomic E-state index is 0.841. The van der Waals surface area contributed by atoms with Gasteiger partial charge < -0.3 is 5.11 Å². The number of aliphatic hydroxyl groups is 1. The molecule has 0 radical (unpaired) electrons. The monoisotopic (exact) mass is 140 g/mol. The van der Waals surface area contributed by atoms with E-state index in [0.717, 1.165) is 12.7 Å². The smallest absolute Gasteiger partial charge is 0.0755 e. The lowest BCUT2D eigenvalue weighted by Gasteiger charge is -1.82. The van der Waals surface area contributed by atoms with E-state index in [2.05, 4.69) is 0 Å². The number of thiophene rings is 1. The summed E-state index contributed by atoms with van der Waals surface area (Å²) in [5, 5.41) is 10.3. The molecule has 0 amide bonds. The SMILES string of the molecule is OC=CCc1cccs1. The topological polar surface area (TPSA) is 20.2 Å². The molecule has 0 unspecified atom stereocenters. The van der Waals surface area contributed by atoms with Gasteiger partial charge in [-0.3, -0.25) is 0 Å². The lowest BCUT2D eigenvalue weighted by molar-refractivity contribution is 0.471. The Balaban J connectivity index is 2.48. The molecule has 48 valence electrons. The zero-order chi connectivity index (χ0) is 6.53. The fraction of sp³-hybridized carbons (Fsp3) is 0.143. The summed E-state index contributed by atoms with van der Waals surface area (Å²) in [6.07, 6.45) is 3.65. The van der Waals surface area contributed by atoms with Crippen molar-refractivity contribution < 1.29 is 5.11 Å². The molecule has 0 saturated carbocycles. The van der Waals surface area contributed by atoms with Crippen LogP contribution in [0, 0.1) is 0 Å². The van der Waals surface area contributed by atoms with E-state index in [1.165, 1.54) is 4.88 Å². The second kappa shape index (κ2) is 3.30. The maximum Gasteiger partial charge on any atom is 0.0755 e. The Morgan fingerprint density at radius 3 is 3.11 bits per heavy atom. The zero-order valence-corrected chi connectivity index (χ0v) is 5.77. The van der Waals surface area contributed by atoms with E-state index in [9.17, 15) is 0 Å². The summed E-state index contributed by atoms with van der Waals surface area (Å²) >= 11 is 1.70. The van der Waals surface area contributed by atoms with E-state index in [-0.39, 0.29) is 0 Å². The minimum absolute atomic E-state index is 0.841. The van der Waals surface area contributed by atoms with Crippen molar-refractivity contribution in [3.05, 3.63) is 34.7 Å². The van der Waals surface area contributed by atoms with Crippen molar-refractivity contribution in [1.82, 2.24) is 0 Å². The highest BCUT2D eigenvalue weighted by Crippen LogP contribution is 2.08. The molecule has 2 heteroatoms. The quantitative estimate of drug-likeness (QED) is 0.625. The van der Waals surface area contributed by atoms with Gasteiger partial charge in [0.05, 0.1) is 6.26 Å². The Morgan fingerprint density at radius 1 is 1.67 bits per heavy atom. The zero-order valence-electron chi connectivity index (χ0n) is 4.95. The van der Waals surface area contributed by atoms with E-state index in [0.29, 0.717) is 0 Å². The van der Waals surface area contributed by atoms with Crippen LogP contribution < -0.4 is 0 Å². The number of allylic oxidation sites excluding steroid dienone is 1. The molecule has 1 nitrogen and oxygen atoms in total. The average molecular weight is 140 g/mol. The molecule has 1 aromatic heterocycles. The first kappa shape index (κ1) is 6.36. The van der Waals surface area contributed by atoms with Gasteiger partial charge >= 0.3 is 0 Å². The number of hydrogen-bond acceptors (Lipinski definition) is 2. The van der Waals surface area contributed by atoms with Gasteiger partial charge in [-0.2, -0.15) is 0 Å². The summed E-state index contributed by atoms with van der Waals surface area (Å²) in [5.41, 5.74) is 0. The third kappa shape index (κ3) is 1.90. The van der Waals surface area contributed by atoms with Crippen molar-refractivity contribution in [2.75, 3.05) is 0 Å². The van der Waals surface area contributed by atoms with Gasteiger partial charge in [-0.15, -0.1) is 11.3 Å². The molecule has 1 rings (SSSR count). The van der Waals surface area contributed by atoms with Crippen molar-refractivity contribution in [3.63, 3.8) is 0 Å². The van der Waals surface area contributed by atoms with Crippen LogP contribution in [0.25, 0.3) is 0 Å². The largest absolute Gasteiger partial charge is 0.516 e. The Morgan fingerprint density at radius 2 is 2.56 bits per heavy atom. The van der Waals surface area contributed by atoms with Crippen LogP contribution in [0.15, 0.2) is 29.9 Å². The number of aliphatic hydroxyl groups excluding tert-OH is 1. The van der Waals surface area contributed by atoms with E-state index in [1.54, 1.807) is 17.4 Å². The summed E-state index contributed by atoms with van der Waals surface area (Å²) < 4.78 is 0. The summed E-state index contributed by atoms with van der Waals surface area (Å²) in [6.45, 7) is 0. The van der Waals surface area contributed by atoms with Crippen LogP contribution in [-0.4, -0.2) is 5.11 Å². The van der Waals surface area contributed by atoms with Gasteiger partial charge in [-0.05, 0) is 17.5 Å². The second-order valence-electron chi connectivity index (χ2n) is 1.67. The molecule has 0 bridgehead atoms. The molecule has 1 aromatic rings. The Hall–Kier alpha value is -0.760. The Kier molecular flexibility index (Phi) is 2.33. The second-order valence-corrected chi connectivity index (χ2v) is 2.70. The molecular formula is C7H8OS. The van der Waals surface area contributed by atoms with Crippen LogP contribution in [0.3, 0.4) is 0 Å². The first-order valence-electron chi connectivity index (χ1n) is 2.75. The van der Waals surface area contributed by atoms with Crippen molar-refractivity contribution in [2.24, 2.45) is 0 Å². The van der Waals surface area contributed by atoms with Crippen LogP contribution in [0.1, 0.15) is 4.88 Å². The molecule has 0 aliphatic rings. The van der Waals surface area contributed by atoms with Gasteiger partial charge in [0.1, 0.15) is 0 Å². The third-order valence-electron chi connectivity index (χ3n) is 1.00. The maximum atomic E-state index is 8.29. The van der Waals surface area contributed by atoms with E-state index in [1.807, 2.05) is 17.5 Å². The van der Waals surface area contributed by atoms with Crippen molar-refractivity contribution in [1.29, 1.82) is 0 Å². The van der Waals surface area contributed by atoms with Crippen LogP contribution in [0.2, 0.25) is 0 Å². The van der Waals surface area contributed by atoms with Crippen LogP contribution in [0.5, 0.6) is 0 Å². The van der Waals surface area contributed by atoms with E-state index >= 15 is 0 Å². The van der Waals surface area contributed by atoms with Gasteiger partial charge in [-0.25, -0.2) is 0 Å². The predicted molar refractivity (Wildman–Crippen MR) is 39.8 cm³/mol. The van der Waals surface area contributed by atoms with Gasteiger partial charge in [-0.1, -0.05) is 6.07 Å². The van der Waals surface area contributed by atoms with Crippen molar-refractivity contribution in [2.45, 2.75) is 6.42 Å².